The number of carbonyl (C=O) groups excluding carboxylic acids is 2. The number of rotatable bonds is 8. The highest BCUT2D eigenvalue weighted by Crippen LogP contribution is 2.38. The number of nitrogens with one attached hydrogen (secondary N) is 1. The summed E-state index contributed by atoms with van der Waals surface area (Å²) in [4.78, 5) is 31.4. The molecule has 0 spiro atoms. The van der Waals surface area contributed by atoms with Crippen LogP contribution in [0.15, 0.2) is 41.9 Å². The lowest BCUT2D eigenvalue weighted by Crippen LogP contribution is -2.43. The summed E-state index contributed by atoms with van der Waals surface area (Å²) >= 11 is 0. The molecule has 0 bridgehead atoms. The number of aromatic nitrogens is 3. The number of esters is 1. The normalized spacial score (nSPS) is 15.7. The topological polar surface area (TPSA) is 98.6 Å². The van der Waals surface area contributed by atoms with Gasteiger partial charge in [-0.25, -0.2) is 9.48 Å². The van der Waals surface area contributed by atoms with Crippen molar-refractivity contribution in [1.29, 1.82) is 0 Å². The molecular formula is C21H27N5O4. The second-order valence-corrected chi connectivity index (χ2v) is 6.97. The Labute approximate surface area is 175 Å². The van der Waals surface area contributed by atoms with Gasteiger partial charge in [-0.2, -0.15) is 10.1 Å². The van der Waals surface area contributed by atoms with Crippen molar-refractivity contribution in [2.75, 3.05) is 38.3 Å². The molecule has 0 saturated heterocycles. The summed E-state index contributed by atoms with van der Waals surface area (Å²) in [6.45, 7) is 6.63. The first kappa shape index (κ1) is 21.5. The molecule has 0 fully saturated rings. The van der Waals surface area contributed by atoms with Crippen LogP contribution in [0.1, 0.15) is 31.0 Å². The second-order valence-electron chi connectivity index (χ2n) is 6.97. The molecule has 9 nitrogen and oxygen atoms in total. The third-order valence-electron chi connectivity index (χ3n) is 4.93. The highest BCUT2D eigenvalue weighted by atomic mass is 16.5. The van der Waals surface area contributed by atoms with Crippen molar-refractivity contribution < 1.29 is 19.1 Å². The number of amides is 1. The van der Waals surface area contributed by atoms with E-state index in [9.17, 15) is 9.59 Å². The van der Waals surface area contributed by atoms with E-state index in [1.54, 1.807) is 30.5 Å². The molecule has 2 heterocycles. The summed E-state index contributed by atoms with van der Waals surface area (Å²) < 4.78 is 12.0. The molecule has 1 aromatic carbocycles. The monoisotopic (exact) mass is 413 g/mol. The Morgan fingerprint density at radius 3 is 2.60 bits per heavy atom. The van der Waals surface area contributed by atoms with E-state index >= 15 is 0 Å². The highest BCUT2D eigenvalue weighted by Gasteiger charge is 2.38. The zero-order chi connectivity index (χ0) is 21.7. The van der Waals surface area contributed by atoms with Gasteiger partial charge in [0.25, 0.3) is 0 Å². The second kappa shape index (κ2) is 9.53. The molecule has 2 aromatic rings. The summed E-state index contributed by atoms with van der Waals surface area (Å²) in [5.74, 6) is -0.155. The quantitative estimate of drug-likeness (QED) is 0.518. The minimum absolute atomic E-state index is 0.00222. The Balaban J connectivity index is 2.03. The van der Waals surface area contributed by atoms with Gasteiger partial charge in [-0.1, -0.05) is 29.8 Å². The van der Waals surface area contributed by atoms with E-state index in [2.05, 4.69) is 15.4 Å². The van der Waals surface area contributed by atoms with Crippen molar-refractivity contribution in [3.8, 4) is 0 Å². The molecular weight excluding hydrogens is 386 g/mol. The van der Waals surface area contributed by atoms with E-state index in [1.165, 1.54) is 6.33 Å². The largest absolute Gasteiger partial charge is 0.463 e. The summed E-state index contributed by atoms with van der Waals surface area (Å²) in [6, 6.07) is 7.41. The van der Waals surface area contributed by atoms with E-state index in [0.717, 1.165) is 11.1 Å². The lowest BCUT2D eigenvalue weighted by molar-refractivity contribution is -0.139. The molecule has 30 heavy (non-hydrogen) atoms. The number of anilines is 1. The van der Waals surface area contributed by atoms with Crippen LogP contribution in [0.5, 0.6) is 0 Å². The lowest BCUT2D eigenvalue weighted by atomic mass is 9.94. The predicted octanol–water partition coefficient (Wildman–Crippen LogP) is 1.60. The minimum Gasteiger partial charge on any atom is -0.463 e. The van der Waals surface area contributed by atoms with Gasteiger partial charge in [-0.3, -0.25) is 4.79 Å². The maximum absolute atomic E-state index is 12.9. The van der Waals surface area contributed by atoms with Crippen LogP contribution in [0.25, 0.3) is 0 Å². The van der Waals surface area contributed by atoms with Crippen LogP contribution < -0.4 is 10.2 Å². The maximum Gasteiger partial charge on any atom is 0.338 e. The number of aryl methyl sites for hydroxylation is 1. The number of ether oxygens (including phenoxy) is 2. The van der Waals surface area contributed by atoms with Crippen LogP contribution in [0.2, 0.25) is 0 Å². The van der Waals surface area contributed by atoms with Crippen molar-refractivity contribution in [1.82, 2.24) is 20.1 Å². The summed E-state index contributed by atoms with van der Waals surface area (Å²) in [5, 5.41) is 7.16. The van der Waals surface area contributed by atoms with Crippen molar-refractivity contribution in [2.24, 2.45) is 0 Å². The van der Waals surface area contributed by atoms with Gasteiger partial charge in [0.2, 0.25) is 11.9 Å². The number of carbonyl (C=O) groups is 2. The van der Waals surface area contributed by atoms with Gasteiger partial charge in [0.1, 0.15) is 18.9 Å². The number of nitrogens with zero attached hydrogens (tertiary/aromatic N) is 4. The van der Waals surface area contributed by atoms with Crippen LogP contribution in [0, 0.1) is 6.92 Å². The van der Waals surface area contributed by atoms with Gasteiger partial charge in [0.15, 0.2) is 0 Å². The number of hydrogen-bond donors (Lipinski definition) is 1. The number of hydrogen-bond acceptors (Lipinski definition) is 7. The minimum atomic E-state index is -0.491. The Morgan fingerprint density at radius 2 is 1.93 bits per heavy atom. The fraction of sp³-hybridized carbons (Fsp3) is 0.429. The molecule has 9 heteroatoms. The molecule has 1 aliphatic heterocycles. The first-order chi connectivity index (χ1) is 14.5. The first-order valence-electron chi connectivity index (χ1n) is 9.85. The SMILES string of the molecule is CCOC(=O)C1=C(C)N(CC(=O)NCCOC)c2ncnn2[C@H]1c1ccc(C)cc1. The van der Waals surface area contributed by atoms with Crippen molar-refractivity contribution in [3.05, 3.63) is 53.0 Å². The standard InChI is InChI=1S/C21H27N5O4/c1-5-30-20(28)18-15(3)25(12-17(27)22-10-11-29-4)21-23-13-24-26(21)19(18)16-8-6-14(2)7-9-16/h6-9,13,19H,5,10-12H2,1-4H3,(H,22,27)/t19-/m0/s1. The van der Waals surface area contributed by atoms with Crippen molar-refractivity contribution in [3.63, 3.8) is 0 Å². The van der Waals surface area contributed by atoms with E-state index in [1.807, 2.05) is 31.2 Å². The molecule has 0 unspecified atom stereocenters. The molecule has 1 amide bonds. The molecule has 0 saturated carbocycles. The molecule has 0 aliphatic carbocycles. The van der Waals surface area contributed by atoms with E-state index in [4.69, 9.17) is 9.47 Å². The molecule has 160 valence electrons. The van der Waals surface area contributed by atoms with E-state index in [0.29, 0.717) is 30.4 Å². The fourth-order valence-corrected chi connectivity index (χ4v) is 3.44. The fourth-order valence-electron chi connectivity index (χ4n) is 3.44. The zero-order valence-electron chi connectivity index (χ0n) is 17.7. The van der Waals surface area contributed by atoms with Gasteiger partial charge in [-0.05, 0) is 26.3 Å². The Bertz CT molecular complexity index is 935. The smallest absolute Gasteiger partial charge is 0.338 e. The van der Waals surface area contributed by atoms with Gasteiger partial charge < -0.3 is 19.7 Å². The van der Waals surface area contributed by atoms with Crippen LogP contribution in [0.4, 0.5) is 5.95 Å². The summed E-state index contributed by atoms with van der Waals surface area (Å²) in [7, 11) is 1.57. The first-order valence-corrected chi connectivity index (χ1v) is 9.85. The van der Waals surface area contributed by atoms with Crippen molar-refractivity contribution in [2.45, 2.75) is 26.8 Å². The lowest BCUT2D eigenvalue weighted by Gasteiger charge is -2.35. The predicted molar refractivity (Wildman–Crippen MR) is 111 cm³/mol. The summed E-state index contributed by atoms with van der Waals surface area (Å²) in [5.41, 5.74) is 3.05. The van der Waals surface area contributed by atoms with Gasteiger partial charge in [0, 0.05) is 19.4 Å². The number of benzene rings is 1. The summed E-state index contributed by atoms with van der Waals surface area (Å²) in [6.07, 6.45) is 1.42. The average Bonchev–Trinajstić information content (AvgIpc) is 3.20. The highest BCUT2D eigenvalue weighted by molar-refractivity contribution is 5.93. The molecule has 1 aliphatic rings. The van der Waals surface area contributed by atoms with Gasteiger partial charge in [-0.15, -0.1) is 0 Å². The molecule has 1 atom stereocenters. The number of allylic oxidation sites excluding steroid dienone is 1. The third kappa shape index (κ3) is 4.35. The Hall–Kier alpha value is -3.20. The maximum atomic E-state index is 12.9. The van der Waals surface area contributed by atoms with Gasteiger partial charge in [0.05, 0.1) is 18.8 Å². The molecule has 3 rings (SSSR count). The van der Waals surface area contributed by atoms with E-state index < -0.39 is 12.0 Å². The third-order valence-corrected chi connectivity index (χ3v) is 4.93. The number of methoxy groups -OCH3 is 1. The zero-order valence-corrected chi connectivity index (χ0v) is 17.7. The van der Waals surface area contributed by atoms with Crippen LogP contribution >= 0.6 is 0 Å². The Morgan fingerprint density at radius 1 is 1.20 bits per heavy atom. The molecule has 0 radical (unpaired) electrons. The van der Waals surface area contributed by atoms with Crippen LogP contribution in [0.3, 0.4) is 0 Å². The average molecular weight is 413 g/mol. The molecule has 1 aromatic heterocycles. The van der Waals surface area contributed by atoms with Gasteiger partial charge >= 0.3 is 5.97 Å². The van der Waals surface area contributed by atoms with Crippen LogP contribution in [-0.2, 0) is 19.1 Å². The van der Waals surface area contributed by atoms with Crippen LogP contribution in [-0.4, -0.2) is 60.1 Å². The van der Waals surface area contributed by atoms with Crippen molar-refractivity contribution >= 4 is 17.8 Å². The number of fused-ring (bicyclic) bond motifs is 1. The molecule has 1 N–H and O–H groups in total. The van der Waals surface area contributed by atoms with E-state index in [-0.39, 0.29) is 19.1 Å². The Kier molecular flexibility index (Phi) is 6.83.